The lowest BCUT2D eigenvalue weighted by molar-refractivity contribution is -0.138. The third kappa shape index (κ3) is 3.71. The highest BCUT2D eigenvalue weighted by molar-refractivity contribution is 5.76. The van der Waals surface area contributed by atoms with Gasteiger partial charge in [-0.05, 0) is 38.5 Å². The minimum Gasteiger partial charge on any atom is -0.393 e. The molecule has 2 fully saturated rings. The number of unbranched alkanes of at least 4 members (excludes halogenated alkanes) is 1. The summed E-state index contributed by atoms with van der Waals surface area (Å²) >= 11 is 0. The van der Waals surface area contributed by atoms with Crippen LogP contribution in [0.4, 0.5) is 0 Å². The SMILES string of the molecule is CCCCC(=O)N1CCCCC1C1CCCCC1O. The number of aliphatic hydroxyl groups excluding tert-OH is 1. The van der Waals surface area contributed by atoms with Crippen LogP contribution >= 0.6 is 0 Å². The first kappa shape index (κ1) is 14.8. The Bertz CT molecular complexity index is 292. The van der Waals surface area contributed by atoms with Crippen LogP contribution in [0, 0.1) is 5.92 Å². The van der Waals surface area contributed by atoms with Crippen LogP contribution < -0.4 is 0 Å². The van der Waals surface area contributed by atoms with Gasteiger partial charge in [0.15, 0.2) is 0 Å². The Morgan fingerprint density at radius 2 is 1.89 bits per heavy atom. The first-order chi connectivity index (χ1) is 9.24. The fraction of sp³-hybridized carbons (Fsp3) is 0.938. The summed E-state index contributed by atoms with van der Waals surface area (Å²) in [6, 6.07) is 0.313. The second kappa shape index (κ2) is 7.28. The molecule has 1 aliphatic heterocycles. The van der Waals surface area contributed by atoms with Gasteiger partial charge in [-0.15, -0.1) is 0 Å². The number of carbonyl (C=O) groups excluding carboxylic acids is 1. The Hall–Kier alpha value is -0.570. The number of amides is 1. The highest BCUT2D eigenvalue weighted by atomic mass is 16.3. The van der Waals surface area contributed by atoms with Crippen LogP contribution in [0.2, 0.25) is 0 Å². The molecule has 19 heavy (non-hydrogen) atoms. The van der Waals surface area contributed by atoms with Crippen molar-refractivity contribution >= 4 is 5.91 Å². The fourth-order valence-electron chi connectivity index (χ4n) is 3.77. The molecular weight excluding hydrogens is 238 g/mol. The summed E-state index contributed by atoms with van der Waals surface area (Å²) < 4.78 is 0. The Morgan fingerprint density at radius 1 is 1.16 bits per heavy atom. The number of hydrogen-bond donors (Lipinski definition) is 1. The van der Waals surface area contributed by atoms with E-state index in [0.717, 1.165) is 51.5 Å². The highest BCUT2D eigenvalue weighted by Gasteiger charge is 2.37. The number of nitrogens with zero attached hydrogens (tertiary/aromatic N) is 1. The Balaban J connectivity index is 2.00. The minimum absolute atomic E-state index is 0.182. The number of aliphatic hydroxyl groups is 1. The van der Waals surface area contributed by atoms with Gasteiger partial charge in [-0.3, -0.25) is 4.79 Å². The van der Waals surface area contributed by atoms with Crippen LogP contribution in [0.3, 0.4) is 0 Å². The van der Waals surface area contributed by atoms with Gasteiger partial charge in [-0.25, -0.2) is 0 Å². The van der Waals surface area contributed by atoms with Crippen molar-refractivity contribution in [3.05, 3.63) is 0 Å². The van der Waals surface area contributed by atoms with Crippen LogP contribution in [0.1, 0.15) is 71.1 Å². The van der Waals surface area contributed by atoms with Gasteiger partial charge in [-0.1, -0.05) is 26.2 Å². The van der Waals surface area contributed by atoms with E-state index in [2.05, 4.69) is 11.8 Å². The average Bonchev–Trinajstić information content (AvgIpc) is 2.45. The molecule has 0 bridgehead atoms. The summed E-state index contributed by atoms with van der Waals surface area (Å²) in [4.78, 5) is 14.5. The summed E-state index contributed by atoms with van der Waals surface area (Å²) in [6.45, 7) is 3.04. The molecular formula is C16H29NO2. The maximum Gasteiger partial charge on any atom is 0.222 e. The standard InChI is InChI=1S/C16H29NO2/c1-2-3-11-16(19)17-12-7-6-9-14(17)13-8-4-5-10-15(13)18/h13-15,18H,2-12H2,1H3. The molecule has 1 amide bonds. The number of piperidine rings is 1. The summed E-state index contributed by atoms with van der Waals surface area (Å²) in [5, 5.41) is 10.3. The molecule has 3 nitrogen and oxygen atoms in total. The van der Waals surface area contributed by atoms with Gasteiger partial charge < -0.3 is 10.0 Å². The Morgan fingerprint density at radius 3 is 2.63 bits per heavy atom. The van der Waals surface area contributed by atoms with E-state index in [0.29, 0.717) is 24.3 Å². The number of hydrogen-bond acceptors (Lipinski definition) is 2. The van der Waals surface area contributed by atoms with E-state index in [1.54, 1.807) is 0 Å². The Kier molecular flexibility index (Phi) is 5.68. The topological polar surface area (TPSA) is 40.5 Å². The van der Waals surface area contributed by atoms with Crippen molar-refractivity contribution in [2.75, 3.05) is 6.54 Å². The maximum absolute atomic E-state index is 12.4. The average molecular weight is 267 g/mol. The van der Waals surface area contributed by atoms with Crippen molar-refractivity contribution in [2.45, 2.75) is 83.3 Å². The van der Waals surface area contributed by atoms with E-state index in [-0.39, 0.29) is 6.10 Å². The van der Waals surface area contributed by atoms with Gasteiger partial charge in [0, 0.05) is 24.9 Å². The van der Waals surface area contributed by atoms with Gasteiger partial charge in [0.2, 0.25) is 5.91 Å². The van der Waals surface area contributed by atoms with Gasteiger partial charge in [0.05, 0.1) is 6.10 Å². The zero-order valence-corrected chi connectivity index (χ0v) is 12.3. The summed E-state index contributed by atoms with van der Waals surface area (Å²) in [5.74, 6) is 0.656. The molecule has 0 aromatic rings. The molecule has 2 aliphatic rings. The molecule has 3 unspecified atom stereocenters. The van der Waals surface area contributed by atoms with E-state index in [9.17, 15) is 9.90 Å². The molecule has 0 aromatic heterocycles. The molecule has 0 aromatic carbocycles. The molecule has 0 spiro atoms. The third-order valence-electron chi connectivity index (χ3n) is 4.89. The predicted octanol–water partition coefficient (Wildman–Crippen LogP) is 3.11. The summed E-state index contributed by atoms with van der Waals surface area (Å²) in [6.07, 6.45) is 10.4. The first-order valence-electron chi connectivity index (χ1n) is 8.21. The molecule has 110 valence electrons. The molecule has 3 heteroatoms. The van der Waals surface area contributed by atoms with Crippen LogP contribution in [-0.2, 0) is 4.79 Å². The smallest absolute Gasteiger partial charge is 0.222 e. The Labute approximate surface area is 117 Å². The van der Waals surface area contributed by atoms with Crippen molar-refractivity contribution in [1.82, 2.24) is 4.90 Å². The van der Waals surface area contributed by atoms with Crippen molar-refractivity contribution < 1.29 is 9.90 Å². The third-order valence-corrected chi connectivity index (χ3v) is 4.89. The number of likely N-dealkylation sites (tertiary alicyclic amines) is 1. The highest BCUT2D eigenvalue weighted by Crippen LogP contribution is 2.34. The zero-order chi connectivity index (χ0) is 13.7. The second-order valence-corrected chi connectivity index (χ2v) is 6.27. The van der Waals surface area contributed by atoms with Gasteiger partial charge in [0.1, 0.15) is 0 Å². The zero-order valence-electron chi connectivity index (χ0n) is 12.3. The molecule has 3 atom stereocenters. The van der Waals surface area contributed by atoms with E-state index in [1.807, 2.05) is 0 Å². The quantitative estimate of drug-likeness (QED) is 0.850. The minimum atomic E-state index is -0.182. The fourth-order valence-corrected chi connectivity index (χ4v) is 3.77. The van der Waals surface area contributed by atoms with Crippen molar-refractivity contribution in [3.8, 4) is 0 Å². The molecule has 1 saturated heterocycles. The van der Waals surface area contributed by atoms with E-state index in [1.165, 1.54) is 12.8 Å². The summed E-state index contributed by atoms with van der Waals surface area (Å²) in [7, 11) is 0. The normalized spacial score (nSPS) is 32.3. The molecule has 1 aliphatic carbocycles. The van der Waals surface area contributed by atoms with E-state index < -0.39 is 0 Å². The molecule has 1 N–H and O–H groups in total. The molecule has 0 radical (unpaired) electrons. The van der Waals surface area contributed by atoms with Crippen molar-refractivity contribution in [1.29, 1.82) is 0 Å². The van der Waals surface area contributed by atoms with Gasteiger partial charge in [-0.2, -0.15) is 0 Å². The lowest BCUT2D eigenvalue weighted by atomic mass is 9.78. The molecule has 1 heterocycles. The lowest BCUT2D eigenvalue weighted by Crippen LogP contribution is -2.51. The number of carbonyl (C=O) groups is 1. The van der Waals surface area contributed by atoms with Crippen LogP contribution in [-0.4, -0.2) is 34.6 Å². The lowest BCUT2D eigenvalue weighted by Gasteiger charge is -2.43. The van der Waals surface area contributed by atoms with Crippen LogP contribution in [0.15, 0.2) is 0 Å². The second-order valence-electron chi connectivity index (χ2n) is 6.27. The van der Waals surface area contributed by atoms with Crippen LogP contribution in [0.5, 0.6) is 0 Å². The maximum atomic E-state index is 12.4. The largest absolute Gasteiger partial charge is 0.393 e. The van der Waals surface area contributed by atoms with Crippen molar-refractivity contribution in [3.63, 3.8) is 0 Å². The van der Waals surface area contributed by atoms with E-state index >= 15 is 0 Å². The monoisotopic (exact) mass is 267 g/mol. The molecule has 2 rings (SSSR count). The number of rotatable bonds is 4. The van der Waals surface area contributed by atoms with Gasteiger partial charge in [0.25, 0.3) is 0 Å². The summed E-state index contributed by atoms with van der Waals surface area (Å²) in [5.41, 5.74) is 0. The van der Waals surface area contributed by atoms with Crippen molar-refractivity contribution in [2.24, 2.45) is 5.92 Å². The van der Waals surface area contributed by atoms with E-state index in [4.69, 9.17) is 0 Å². The molecule has 1 saturated carbocycles. The predicted molar refractivity (Wildman–Crippen MR) is 76.8 cm³/mol. The van der Waals surface area contributed by atoms with Crippen LogP contribution in [0.25, 0.3) is 0 Å². The first-order valence-corrected chi connectivity index (χ1v) is 8.21. The van der Waals surface area contributed by atoms with Gasteiger partial charge >= 0.3 is 0 Å².